The molecule has 0 aliphatic carbocycles. The number of nitrogens with zero attached hydrogens (tertiary/aromatic N) is 1. The molecule has 0 spiro atoms. The van der Waals surface area contributed by atoms with E-state index in [2.05, 4.69) is 5.32 Å². The van der Waals surface area contributed by atoms with Gasteiger partial charge in [-0.1, -0.05) is 25.1 Å². The summed E-state index contributed by atoms with van der Waals surface area (Å²) in [7, 11) is 0. The molecule has 154 valence electrons. The molecule has 1 aliphatic rings. The highest BCUT2D eigenvalue weighted by Crippen LogP contribution is 2.29. The van der Waals surface area contributed by atoms with Gasteiger partial charge in [0.05, 0.1) is 18.7 Å². The van der Waals surface area contributed by atoms with Crippen molar-refractivity contribution >= 4 is 17.5 Å². The molecule has 2 aromatic carbocycles. The molecule has 0 saturated carbocycles. The molecule has 1 aliphatic heterocycles. The maximum atomic E-state index is 13.4. The molecule has 5 nitrogen and oxygen atoms in total. The van der Waals surface area contributed by atoms with Crippen molar-refractivity contribution in [3.63, 3.8) is 0 Å². The Kier molecular flexibility index (Phi) is 6.15. The van der Waals surface area contributed by atoms with E-state index >= 15 is 0 Å². The number of para-hydroxylation sites is 1. The Morgan fingerprint density at radius 2 is 1.97 bits per heavy atom. The number of aryl methyl sites for hydroxylation is 1. The molecule has 1 fully saturated rings. The maximum absolute atomic E-state index is 13.4. The highest BCUT2D eigenvalue weighted by molar-refractivity contribution is 6.07. The van der Waals surface area contributed by atoms with Gasteiger partial charge in [-0.15, -0.1) is 0 Å². The summed E-state index contributed by atoms with van der Waals surface area (Å²) in [6.07, 6.45) is 0.484. The number of halogens is 2. The Balaban J connectivity index is 1.79. The zero-order chi connectivity index (χ0) is 21.0. The van der Waals surface area contributed by atoms with Crippen LogP contribution in [0.25, 0.3) is 0 Å². The van der Waals surface area contributed by atoms with E-state index in [1.165, 1.54) is 6.07 Å². The lowest BCUT2D eigenvalue weighted by molar-refractivity contribution is 0.0120. The van der Waals surface area contributed by atoms with Crippen molar-refractivity contribution < 1.29 is 23.1 Å². The standard InChI is InChI=1S/C22H24F2N2O3/c1-3-12-29-19-7-5-4-6-17(19)20(27)25-18-13-16(9-8-15(18)2)21(28)26-11-10-22(23,24)14-26/h4-9,13H,3,10-12,14H2,1-2H3,(H,25,27). The fraction of sp³-hybridized carbons (Fsp3) is 0.364. The number of carbonyl (C=O) groups excluding carboxylic acids is 2. The highest BCUT2D eigenvalue weighted by Gasteiger charge is 2.40. The van der Waals surface area contributed by atoms with Crippen LogP contribution in [0.5, 0.6) is 5.75 Å². The third kappa shape index (κ3) is 4.91. The zero-order valence-corrected chi connectivity index (χ0v) is 16.5. The normalized spacial score (nSPS) is 15.2. The number of ether oxygens (including phenoxy) is 1. The van der Waals surface area contributed by atoms with Gasteiger partial charge in [0, 0.05) is 24.2 Å². The van der Waals surface area contributed by atoms with Gasteiger partial charge in [0.15, 0.2) is 0 Å². The van der Waals surface area contributed by atoms with Crippen LogP contribution in [0.2, 0.25) is 0 Å². The molecular formula is C22H24F2N2O3. The van der Waals surface area contributed by atoms with Crippen LogP contribution >= 0.6 is 0 Å². The van der Waals surface area contributed by atoms with Crippen molar-refractivity contribution in [2.75, 3.05) is 25.0 Å². The molecule has 29 heavy (non-hydrogen) atoms. The summed E-state index contributed by atoms with van der Waals surface area (Å²) >= 11 is 0. The molecule has 0 bridgehead atoms. The van der Waals surface area contributed by atoms with Gasteiger partial charge >= 0.3 is 0 Å². The third-order valence-electron chi connectivity index (χ3n) is 4.78. The van der Waals surface area contributed by atoms with Gasteiger partial charge in [-0.2, -0.15) is 0 Å². The first-order chi connectivity index (χ1) is 13.8. The first kappa shape index (κ1) is 20.8. The number of benzene rings is 2. The number of anilines is 1. The first-order valence-electron chi connectivity index (χ1n) is 9.61. The topological polar surface area (TPSA) is 58.6 Å². The quantitative estimate of drug-likeness (QED) is 0.773. The summed E-state index contributed by atoms with van der Waals surface area (Å²) in [5.41, 5.74) is 1.86. The van der Waals surface area contributed by atoms with Crippen LogP contribution in [-0.4, -0.2) is 42.3 Å². The second kappa shape index (κ2) is 8.59. The molecule has 1 heterocycles. The number of hydrogen-bond donors (Lipinski definition) is 1. The molecule has 1 saturated heterocycles. The number of rotatable bonds is 6. The second-order valence-electron chi connectivity index (χ2n) is 7.16. The van der Waals surface area contributed by atoms with Crippen LogP contribution < -0.4 is 10.1 Å². The molecule has 2 aromatic rings. The number of alkyl halides is 2. The monoisotopic (exact) mass is 402 g/mol. The van der Waals surface area contributed by atoms with Crippen LogP contribution in [0, 0.1) is 6.92 Å². The van der Waals surface area contributed by atoms with Gasteiger partial charge < -0.3 is 15.0 Å². The summed E-state index contributed by atoms with van der Waals surface area (Å²) in [5, 5.41) is 2.81. The Labute approximate surface area is 168 Å². The molecule has 3 rings (SSSR count). The molecule has 2 amide bonds. The summed E-state index contributed by atoms with van der Waals surface area (Å²) in [6, 6.07) is 11.7. The smallest absolute Gasteiger partial charge is 0.267 e. The highest BCUT2D eigenvalue weighted by atomic mass is 19.3. The predicted molar refractivity (Wildman–Crippen MR) is 107 cm³/mol. The van der Waals surface area contributed by atoms with E-state index in [1.54, 1.807) is 43.3 Å². The average molecular weight is 402 g/mol. The van der Waals surface area contributed by atoms with Crippen molar-refractivity contribution in [3.8, 4) is 5.75 Å². The first-order valence-corrected chi connectivity index (χ1v) is 9.61. The zero-order valence-electron chi connectivity index (χ0n) is 16.5. The minimum Gasteiger partial charge on any atom is -0.493 e. The SMILES string of the molecule is CCCOc1ccccc1C(=O)Nc1cc(C(=O)N2CCC(F)(F)C2)ccc1C. The minimum atomic E-state index is -2.85. The molecule has 0 aromatic heterocycles. The molecular weight excluding hydrogens is 378 g/mol. The maximum Gasteiger partial charge on any atom is 0.267 e. The Hall–Kier alpha value is -2.96. The molecule has 0 unspecified atom stereocenters. The summed E-state index contributed by atoms with van der Waals surface area (Å²) < 4.78 is 32.5. The van der Waals surface area contributed by atoms with Gasteiger partial charge in [-0.05, 0) is 43.2 Å². The van der Waals surface area contributed by atoms with Crippen LogP contribution in [0.1, 0.15) is 46.0 Å². The van der Waals surface area contributed by atoms with Crippen molar-refractivity contribution in [3.05, 3.63) is 59.2 Å². The Morgan fingerprint density at radius 1 is 1.21 bits per heavy atom. The third-order valence-corrected chi connectivity index (χ3v) is 4.78. The predicted octanol–water partition coefficient (Wildman–Crippen LogP) is 4.52. The van der Waals surface area contributed by atoms with Crippen molar-refractivity contribution in [1.82, 2.24) is 4.90 Å². The van der Waals surface area contributed by atoms with E-state index in [1.807, 2.05) is 6.92 Å². The lowest BCUT2D eigenvalue weighted by atomic mass is 10.1. The number of hydrogen-bond acceptors (Lipinski definition) is 3. The van der Waals surface area contributed by atoms with Crippen LogP contribution in [0.4, 0.5) is 14.5 Å². The van der Waals surface area contributed by atoms with E-state index in [0.29, 0.717) is 23.6 Å². The van der Waals surface area contributed by atoms with Crippen LogP contribution in [0.3, 0.4) is 0 Å². The summed E-state index contributed by atoms with van der Waals surface area (Å²) in [4.78, 5) is 26.5. The number of amides is 2. The Bertz CT molecular complexity index is 915. The lowest BCUT2D eigenvalue weighted by Crippen LogP contribution is -2.31. The minimum absolute atomic E-state index is 0.0174. The fourth-order valence-electron chi connectivity index (χ4n) is 3.16. The molecule has 0 atom stereocenters. The van der Waals surface area contributed by atoms with E-state index in [-0.39, 0.29) is 24.4 Å². The number of likely N-dealkylation sites (tertiary alicyclic amines) is 1. The lowest BCUT2D eigenvalue weighted by Gasteiger charge is -2.17. The van der Waals surface area contributed by atoms with E-state index in [0.717, 1.165) is 16.9 Å². The van der Waals surface area contributed by atoms with Gasteiger partial charge in [-0.25, -0.2) is 8.78 Å². The average Bonchev–Trinajstić information content (AvgIpc) is 3.07. The Morgan fingerprint density at radius 3 is 2.66 bits per heavy atom. The van der Waals surface area contributed by atoms with E-state index in [4.69, 9.17) is 4.74 Å². The van der Waals surface area contributed by atoms with Crippen molar-refractivity contribution in [1.29, 1.82) is 0 Å². The second-order valence-corrected chi connectivity index (χ2v) is 7.16. The summed E-state index contributed by atoms with van der Waals surface area (Å²) in [6.45, 7) is 3.71. The molecule has 7 heteroatoms. The van der Waals surface area contributed by atoms with Crippen molar-refractivity contribution in [2.24, 2.45) is 0 Å². The summed E-state index contributed by atoms with van der Waals surface area (Å²) in [5.74, 6) is -3.20. The van der Waals surface area contributed by atoms with Gasteiger partial charge in [-0.3, -0.25) is 9.59 Å². The van der Waals surface area contributed by atoms with Gasteiger partial charge in [0.2, 0.25) is 0 Å². The molecule has 1 N–H and O–H groups in total. The van der Waals surface area contributed by atoms with Crippen LogP contribution in [-0.2, 0) is 0 Å². The number of nitrogens with one attached hydrogen (secondary N) is 1. The molecule has 0 radical (unpaired) electrons. The van der Waals surface area contributed by atoms with Gasteiger partial charge in [0.25, 0.3) is 17.7 Å². The van der Waals surface area contributed by atoms with Gasteiger partial charge in [0.1, 0.15) is 5.75 Å². The number of carbonyl (C=O) groups is 2. The largest absolute Gasteiger partial charge is 0.493 e. The van der Waals surface area contributed by atoms with Crippen molar-refractivity contribution in [2.45, 2.75) is 32.6 Å². The van der Waals surface area contributed by atoms with E-state index < -0.39 is 18.4 Å². The fourth-order valence-corrected chi connectivity index (χ4v) is 3.16. The van der Waals surface area contributed by atoms with Crippen LogP contribution in [0.15, 0.2) is 42.5 Å². The van der Waals surface area contributed by atoms with E-state index in [9.17, 15) is 18.4 Å².